The van der Waals surface area contributed by atoms with Crippen molar-refractivity contribution in [3.63, 3.8) is 0 Å². The van der Waals surface area contributed by atoms with Gasteiger partial charge in [-0.1, -0.05) is 17.7 Å². The Balaban J connectivity index is 1.90. The molecule has 0 unspecified atom stereocenters. The minimum Gasteiger partial charge on any atom is -0.461 e. The minimum absolute atomic E-state index is 0.121. The number of carbonyl (C=O) groups is 1. The molecule has 7 heteroatoms. The molecule has 0 aliphatic rings. The predicted molar refractivity (Wildman–Crippen MR) is 90.0 cm³/mol. The number of nitro groups is 1. The van der Waals surface area contributed by atoms with Crippen molar-refractivity contribution in [2.45, 2.75) is 11.8 Å². The quantitative estimate of drug-likeness (QED) is 0.261. The molecule has 122 valence electrons. The molecule has 0 aliphatic carbocycles. The van der Waals surface area contributed by atoms with Gasteiger partial charge in [-0.2, -0.15) is 5.26 Å². The van der Waals surface area contributed by atoms with Crippen LogP contribution in [-0.2, 0) is 4.74 Å². The Morgan fingerprint density at radius 2 is 2.00 bits per heavy atom. The van der Waals surface area contributed by atoms with Gasteiger partial charge in [-0.15, -0.1) is 11.8 Å². The summed E-state index contributed by atoms with van der Waals surface area (Å²) in [5.74, 6) is -0.0467. The summed E-state index contributed by atoms with van der Waals surface area (Å²) in [6, 6.07) is 13.2. The molecular formula is C17H14N2O4S. The van der Waals surface area contributed by atoms with E-state index in [1.165, 1.54) is 30.0 Å². The lowest BCUT2D eigenvalue weighted by Crippen LogP contribution is -2.08. The van der Waals surface area contributed by atoms with E-state index in [1.54, 1.807) is 12.1 Å². The highest BCUT2D eigenvalue weighted by Gasteiger charge is 2.15. The Labute approximate surface area is 143 Å². The number of nitro benzene ring substituents is 1. The highest BCUT2D eigenvalue weighted by Crippen LogP contribution is 2.29. The van der Waals surface area contributed by atoms with Crippen molar-refractivity contribution in [1.29, 1.82) is 5.26 Å². The van der Waals surface area contributed by atoms with Gasteiger partial charge in [0, 0.05) is 11.8 Å². The molecule has 0 saturated carbocycles. The van der Waals surface area contributed by atoms with Gasteiger partial charge >= 0.3 is 5.97 Å². The number of thioether (sulfide) groups is 1. The summed E-state index contributed by atoms with van der Waals surface area (Å²) in [6.45, 7) is 2.06. The van der Waals surface area contributed by atoms with Crippen molar-refractivity contribution in [2.75, 3.05) is 12.4 Å². The van der Waals surface area contributed by atoms with Crippen LogP contribution in [0.2, 0.25) is 0 Å². The standard InChI is InChI=1S/C17H14N2O4S/c1-12-2-5-14(6-3-12)17(20)23-8-9-24-16-7-4-13(11-18)10-15(16)19(21)22/h2-7,10H,8-9H2,1H3. The van der Waals surface area contributed by atoms with Crippen LogP contribution in [0.1, 0.15) is 21.5 Å². The lowest BCUT2D eigenvalue weighted by atomic mass is 10.1. The molecule has 0 bridgehead atoms. The van der Waals surface area contributed by atoms with Crippen LogP contribution in [0.3, 0.4) is 0 Å². The summed E-state index contributed by atoms with van der Waals surface area (Å²) in [4.78, 5) is 22.8. The Morgan fingerprint density at radius 1 is 1.29 bits per heavy atom. The first-order chi connectivity index (χ1) is 11.5. The van der Waals surface area contributed by atoms with Crippen molar-refractivity contribution in [1.82, 2.24) is 0 Å². The maximum Gasteiger partial charge on any atom is 0.338 e. The number of carbonyl (C=O) groups excluding carboxylic acids is 1. The summed E-state index contributed by atoms with van der Waals surface area (Å²) < 4.78 is 5.15. The summed E-state index contributed by atoms with van der Waals surface area (Å²) >= 11 is 1.21. The number of hydrogen-bond acceptors (Lipinski definition) is 6. The van der Waals surface area contributed by atoms with Crippen LogP contribution in [0.15, 0.2) is 47.4 Å². The van der Waals surface area contributed by atoms with E-state index in [1.807, 2.05) is 25.1 Å². The molecule has 0 atom stereocenters. The third kappa shape index (κ3) is 4.57. The minimum atomic E-state index is -0.526. The Morgan fingerprint density at radius 3 is 2.62 bits per heavy atom. The van der Waals surface area contributed by atoms with Crippen LogP contribution >= 0.6 is 11.8 Å². The van der Waals surface area contributed by atoms with Crippen molar-refractivity contribution < 1.29 is 14.5 Å². The highest BCUT2D eigenvalue weighted by atomic mass is 32.2. The molecule has 2 aromatic carbocycles. The second kappa shape index (κ2) is 8.13. The predicted octanol–water partition coefficient (Wildman–Crippen LogP) is 3.72. The fourth-order valence-electron chi connectivity index (χ4n) is 1.91. The molecule has 0 fully saturated rings. The number of aryl methyl sites for hydroxylation is 1. The number of nitriles is 1. The molecule has 0 spiro atoms. The van der Waals surface area contributed by atoms with Crippen LogP contribution in [0.5, 0.6) is 0 Å². The van der Waals surface area contributed by atoms with Gasteiger partial charge in [-0.05, 0) is 31.2 Å². The summed E-state index contributed by atoms with van der Waals surface area (Å²) in [7, 11) is 0. The first kappa shape index (κ1) is 17.5. The summed E-state index contributed by atoms with van der Waals surface area (Å²) in [5.41, 5.74) is 1.63. The first-order valence-corrected chi connectivity index (χ1v) is 8.05. The smallest absolute Gasteiger partial charge is 0.338 e. The number of ether oxygens (including phenoxy) is 1. The summed E-state index contributed by atoms with van der Waals surface area (Å²) in [5, 5.41) is 19.8. The normalized spacial score (nSPS) is 10.0. The molecule has 6 nitrogen and oxygen atoms in total. The number of hydrogen-bond donors (Lipinski definition) is 0. The molecule has 2 aromatic rings. The summed E-state index contributed by atoms with van der Waals surface area (Å²) in [6.07, 6.45) is 0. The van der Waals surface area contributed by atoms with E-state index < -0.39 is 10.9 Å². The van der Waals surface area contributed by atoms with E-state index in [-0.39, 0.29) is 17.9 Å². The molecule has 0 saturated heterocycles. The molecule has 0 N–H and O–H groups in total. The van der Waals surface area contributed by atoms with E-state index in [4.69, 9.17) is 10.00 Å². The van der Waals surface area contributed by atoms with Crippen LogP contribution in [0.25, 0.3) is 0 Å². The highest BCUT2D eigenvalue weighted by molar-refractivity contribution is 7.99. The molecule has 0 amide bonds. The lowest BCUT2D eigenvalue weighted by molar-refractivity contribution is -0.387. The van der Waals surface area contributed by atoms with E-state index in [9.17, 15) is 14.9 Å². The van der Waals surface area contributed by atoms with Crippen LogP contribution in [-0.4, -0.2) is 23.3 Å². The number of nitrogens with zero attached hydrogens (tertiary/aromatic N) is 2. The molecular weight excluding hydrogens is 328 g/mol. The Bertz CT molecular complexity index is 797. The van der Waals surface area contributed by atoms with Gasteiger partial charge in [0.05, 0.1) is 27.0 Å². The largest absolute Gasteiger partial charge is 0.461 e. The maximum absolute atomic E-state index is 11.9. The molecule has 0 heterocycles. The van der Waals surface area contributed by atoms with Gasteiger partial charge in [0.15, 0.2) is 0 Å². The average Bonchev–Trinajstić information content (AvgIpc) is 2.59. The Hall–Kier alpha value is -2.85. The zero-order chi connectivity index (χ0) is 17.5. The third-order valence-corrected chi connectivity index (χ3v) is 4.17. The van der Waals surface area contributed by atoms with E-state index in [2.05, 4.69) is 0 Å². The van der Waals surface area contributed by atoms with Crippen molar-refractivity contribution in [3.8, 4) is 6.07 Å². The van der Waals surface area contributed by atoms with Crippen molar-refractivity contribution >= 4 is 23.4 Å². The van der Waals surface area contributed by atoms with Gasteiger partial charge < -0.3 is 4.74 Å². The number of benzene rings is 2. The second-order valence-corrected chi connectivity index (χ2v) is 6.04. The van der Waals surface area contributed by atoms with Crippen LogP contribution in [0, 0.1) is 28.4 Å². The number of esters is 1. The molecule has 2 rings (SSSR count). The monoisotopic (exact) mass is 342 g/mol. The van der Waals surface area contributed by atoms with Gasteiger partial charge in [-0.3, -0.25) is 10.1 Å². The van der Waals surface area contributed by atoms with Gasteiger partial charge in [0.1, 0.15) is 6.61 Å². The number of rotatable bonds is 6. The van der Waals surface area contributed by atoms with Crippen LogP contribution in [0.4, 0.5) is 5.69 Å². The van der Waals surface area contributed by atoms with Crippen LogP contribution < -0.4 is 0 Å². The zero-order valence-electron chi connectivity index (χ0n) is 12.9. The molecule has 0 aliphatic heterocycles. The van der Waals surface area contributed by atoms with Gasteiger partial charge in [-0.25, -0.2) is 4.79 Å². The zero-order valence-corrected chi connectivity index (χ0v) is 13.7. The van der Waals surface area contributed by atoms with E-state index >= 15 is 0 Å². The lowest BCUT2D eigenvalue weighted by Gasteiger charge is -2.06. The van der Waals surface area contributed by atoms with Gasteiger partial charge in [0.2, 0.25) is 0 Å². The van der Waals surface area contributed by atoms with E-state index in [0.29, 0.717) is 16.2 Å². The van der Waals surface area contributed by atoms with Gasteiger partial charge in [0.25, 0.3) is 5.69 Å². The molecule has 0 radical (unpaired) electrons. The maximum atomic E-state index is 11.9. The third-order valence-electron chi connectivity index (χ3n) is 3.15. The van der Waals surface area contributed by atoms with E-state index in [0.717, 1.165) is 5.56 Å². The van der Waals surface area contributed by atoms with Crippen molar-refractivity contribution in [2.24, 2.45) is 0 Å². The Kier molecular flexibility index (Phi) is 5.93. The van der Waals surface area contributed by atoms with Crippen molar-refractivity contribution in [3.05, 3.63) is 69.3 Å². The first-order valence-electron chi connectivity index (χ1n) is 7.06. The molecule has 0 aromatic heterocycles. The fraction of sp³-hybridized carbons (Fsp3) is 0.176. The molecule has 24 heavy (non-hydrogen) atoms. The average molecular weight is 342 g/mol. The SMILES string of the molecule is Cc1ccc(C(=O)OCCSc2ccc(C#N)cc2[N+](=O)[O-])cc1. The second-order valence-electron chi connectivity index (χ2n) is 4.90. The topological polar surface area (TPSA) is 93.2 Å². The fourth-order valence-corrected chi connectivity index (χ4v) is 2.74.